The Hall–Kier alpha value is -2.32. The fourth-order valence-electron chi connectivity index (χ4n) is 2.62. The van der Waals surface area contributed by atoms with Crippen molar-refractivity contribution in [2.24, 2.45) is 0 Å². The van der Waals surface area contributed by atoms with Crippen LogP contribution in [0.3, 0.4) is 0 Å². The molecule has 3 aromatic rings. The van der Waals surface area contributed by atoms with Gasteiger partial charge >= 0.3 is 0 Å². The van der Waals surface area contributed by atoms with Crippen molar-refractivity contribution >= 4 is 17.4 Å². The molecule has 0 saturated heterocycles. The number of hydrogen-bond donors (Lipinski definition) is 1. The monoisotopic (exact) mass is 309 g/mol. The lowest BCUT2D eigenvalue weighted by molar-refractivity contribution is 0.0977. The van der Waals surface area contributed by atoms with Crippen LogP contribution in [0.2, 0.25) is 5.02 Å². The highest BCUT2D eigenvalue weighted by Crippen LogP contribution is 2.28. The topological polar surface area (TPSA) is 32.9 Å². The van der Waals surface area contributed by atoms with Gasteiger partial charge in [-0.05, 0) is 29.8 Å². The van der Waals surface area contributed by atoms with Crippen LogP contribution in [-0.4, -0.2) is 10.8 Å². The molecule has 3 rings (SSSR count). The van der Waals surface area contributed by atoms with Crippen molar-refractivity contribution in [3.8, 4) is 0 Å². The molecule has 22 heavy (non-hydrogen) atoms. The number of H-pyrrole nitrogens is 1. The molecule has 0 aliphatic heterocycles. The first-order valence-corrected chi connectivity index (χ1v) is 7.59. The Morgan fingerprint density at radius 3 is 2.50 bits per heavy atom. The number of halogens is 1. The zero-order valence-corrected chi connectivity index (χ0v) is 12.8. The number of hydrogen-bond acceptors (Lipinski definition) is 1. The molecule has 3 heteroatoms. The molecule has 0 amide bonds. The van der Waals surface area contributed by atoms with Crippen LogP contribution in [-0.2, 0) is 0 Å². The van der Waals surface area contributed by atoms with E-state index in [9.17, 15) is 4.79 Å². The summed E-state index contributed by atoms with van der Waals surface area (Å²) in [7, 11) is 0. The van der Waals surface area contributed by atoms with Gasteiger partial charge in [0.25, 0.3) is 0 Å². The van der Waals surface area contributed by atoms with E-state index in [-0.39, 0.29) is 11.7 Å². The number of aromatic amines is 1. The van der Waals surface area contributed by atoms with Crippen molar-refractivity contribution in [3.63, 3.8) is 0 Å². The standard InChI is InChI=1S/C19H16ClNO/c20-16-9-4-8-15(12-16)19(22)13-17(18-10-5-11-21-18)14-6-2-1-3-7-14/h1-12,17,21H,13H2/t17-/m0/s1. The van der Waals surface area contributed by atoms with Crippen LogP contribution in [0.15, 0.2) is 72.9 Å². The zero-order valence-electron chi connectivity index (χ0n) is 12.0. The number of carbonyl (C=O) groups is 1. The number of carbonyl (C=O) groups excluding carboxylic acids is 1. The highest BCUT2D eigenvalue weighted by atomic mass is 35.5. The third-order valence-corrected chi connectivity index (χ3v) is 3.97. The molecule has 0 aliphatic carbocycles. The number of benzene rings is 2. The lowest BCUT2D eigenvalue weighted by Crippen LogP contribution is -2.09. The van der Waals surface area contributed by atoms with Gasteiger partial charge in [-0.25, -0.2) is 0 Å². The molecule has 110 valence electrons. The summed E-state index contributed by atoms with van der Waals surface area (Å²) in [5, 5.41) is 0.585. The maximum atomic E-state index is 12.6. The van der Waals surface area contributed by atoms with Gasteiger partial charge in [-0.3, -0.25) is 4.79 Å². The molecule has 1 aromatic heterocycles. The van der Waals surface area contributed by atoms with Gasteiger partial charge in [0.1, 0.15) is 0 Å². The molecular formula is C19H16ClNO. The van der Waals surface area contributed by atoms with E-state index in [2.05, 4.69) is 17.1 Å². The first-order chi connectivity index (χ1) is 10.7. The predicted molar refractivity (Wildman–Crippen MR) is 89.5 cm³/mol. The van der Waals surface area contributed by atoms with Crippen LogP contribution in [0.5, 0.6) is 0 Å². The Balaban J connectivity index is 1.89. The summed E-state index contributed by atoms with van der Waals surface area (Å²) >= 11 is 5.98. The molecule has 1 atom stereocenters. The normalized spacial score (nSPS) is 12.0. The summed E-state index contributed by atoms with van der Waals surface area (Å²) < 4.78 is 0. The van der Waals surface area contributed by atoms with Crippen molar-refractivity contribution in [2.45, 2.75) is 12.3 Å². The summed E-state index contributed by atoms with van der Waals surface area (Å²) in [5.41, 5.74) is 2.82. The van der Waals surface area contributed by atoms with Gasteiger partial charge in [0.05, 0.1) is 0 Å². The van der Waals surface area contributed by atoms with Gasteiger partial charge in [0, 0.05) is 34.8 Å². The summed E-state index contributed by atoms with van der Waals surface area (Å²) in [5.74, 6) is 0.105. The van der Waals surface area contributed by atoms with E-state index in [0.717, 1.165) is 11.3 Å². The third-order valence-electron chi connectivity index (χ3n) is 3.74. The van der Waals surface area contributed by atoms with E-state index in [1.165, 1.54) is 0 Å². The zero-order chi connectivity index (χ0) is 15.4. The molecule has 1 heterocycles. The lowest BCUT2D eigenvalue weighted by atomic mass is 9.89. The van der Waals surface area contributed by atoms with Crippen LogP contribution in [0.1, 0.15) is 34.0 Å². The van der Waals surface area contributed by atoms with Crippen molar-refractivity contribution < 1.29 is 4.79 Å². The van der Waals surface area contributed by atoms with Crippen LogP contribution in [0, 0.1) is 0 Å². The maximum absolute atomic E-state index is 12.6. The third kappa shape index (κ3) is 3.29. The molecule has 0 unspecified atom stereocenters. The quantitative estimate of drug-likeness (QED) is 0.655. The number of rotatable bonds is 5. The predicted octanol–water partition coefficient (Wildman–Crippen LogP) is 5.07. The Labute approximate surface area is 134 Å². The fraction of sp³-hybridized carbons (Fsp3) is 0.105. The molecule has 0 fully saturated rings. The lowest BCUT2D eigenvalue weighted by Gasteiger charge is -2.16. The molecule has 0 saturated carbocycles. The van der Waals surface area contributed by atoms with Crippen LogP contribution in [0.4, 0.5) is 0 Å². The van der Waals surface area contributed by atoms with Crippen molar-refractivity contribution in [2.75, 3.05) is 0 Å². The second-order valence-electron chi connectivity index (χ2n) is 5.23. The minimum absolute atomic E-state index is 0.0164. The van der Waals surface area contributed by atoms with E-state index in [1.54, 1.807) is 12.1 Å². The largest absolute Gasteiger partial charge is 0.364 e. The first kappa shape index (κ1) is 14.6. The van der Waals surface area contributed by atoms with Crippen molar-refractivity contribution in [1.82, 2.24) is 4.98 Å². The van der Waals surface area contributed by atoms with Crippen LogP contribution >= 0.6 is 11.6 Å². The molecule has 0 aliphatic rings. The van der Waals surface area contributed by atoms with Crippen molar-refractivity contribution in [3.05, 3.63) is 94.8 Å². The second kappa shape index (κ2) is 6.63. The minimum Gasteiger partial charge on any atom is -0.364 e. The van der Waals surface area contributed by atoms with Gasteiger partial charge < -0.3 is 4.98 Å². The molecule has 0 spiro atoms. The van der Waals surface area contributed by atoms with Gasteiger partial charge in [-0.2, -0.15) is 0 Å². The average molecular weight is 310 g/mol. The number of Topliss-reactive ketones (excluding diaryl/α,β-unsaturated/α-hetero) is 1. The van der Waals surface area contributed by atoms with E-state index >= 15 is 0 Å². The van der Waals surface area contributed by atoms with Crippen molar-refractivity contribution in [1.29, 1.82) is 0 Å². The Kier molecular flexibility index (Phi) is 4.40. The summed E-state index contributed by atoms with van der Waals surface area (Å²) in [6, 6.07) is 21.2. The SMILES string of the molecule is O=C(C[C@@H](c1ccccc1)c1ccc[nH]1)c1cccc(Cl)c1. The first-order valence-electron chi connectivity index (χ1n) is 7.21. The van der Waals surface area contributed by atoms with Crippen LogP contribution < -0.4 is 0 Å². The number of ketones is 1. The molecule has 0 bridgehead atoms. The summed E-state index contributed by atoms with van der Waals surface area (Å²) in [6.45, 7) is 0. The van der Waals surface area contributed by atoms with Crippen LogP contribution in [0.25, 0.3) is 0 Å². The van der Waals surface area contributed by atoms with Gasteiger partial charge in [-0.1, -0.05) is 54.1 Å². The number of nitrogens with one attached hydrogen (secondary N) is 1. The Bertz CT molecular complexity index is 750. The second-order valence-corrected chi connectivity index (χ2v) is 5.66. The Morgan fingerprint density at radius 2 is 1.82 bits per heavy atom. The molecular weight excluding hydrogens is 294 g/mol. The highest BCUT2D eigenvalue weighted by Gasteiger charge is 2.19. The molecule has 2 aromatic carbocycles. The Morgan fingerprint density at radius 1 is 1.00 bits per heavy atom. The van der Waals surface area contributed by atoms with E-state index in [4.69, 9.17) is 11.6 Å². The van der Waals surface area contributed by atoms with E-state index in [1.807, 2.05) is 48.7 Å². The minimum atomic E-state index is 0.0164. The smallest absolute Gasteiger partial charge is 0.163 e. The van der Waals surface area contributed by atoms with Gasteiger partial charge in [0.15, 0.2) is 5.78 Å². The van der Waals surface area contributed by atoms with E-state index < -0.39 is 0 Å². The molecule has 0 radical (unpaired) electrons. The summed E-state index contributed by atoms with van der Waals surface area (Å²) in [6.07, 6.45) is 2.29. The molecule has 2 nitrogen and oxygen atoms in total. The van der Waals surface area contributed by atoms with E-state index in [0.29, 0.717) is 17.0 Å². The maximum Gasteiger partial charge on any atom is 0.163 e. The molecule has 1 N–H and O–H groups in total. The highest BCUT2D eigenvalue weighted by molar-refractivity contribution is 6.31. The van der Waals surface area contributed by atoms with Gasteiger partial charge in [0.2, 0.25) is 0 Å². The summed E-state index contributed by atoms with van der Waals surface area (Å²) in [4.78, 5) is 15.8. The number of aromatic nitrogens is 1. The fourth-order valence-corrected chi connectivity index (χ4v) is 2.81. The average Bonchev–Trinajstić information content (AvgIpc) is 3.07. The van der Waals surface area contributed by atoms with Gasteiger partial charge in [-0.15, -0.1) is 0 Å².